The first-order chi connectivity index (χ1) is 9.47. The molecule has 1 aromatic rings. The highest BCUT2D eigenvalue weighted by atomic mass is 19.1. The highest BCUT2D eigenvalue weighted by Crippen LogP contribution is 2.27. The lowest BCUT2D eigenvalue weighted by Crippen LogP contribution is -2.24. The van der Waals surface area contributed by atoms with Crippen LogP contribution in [-0.2, 0) is 4.74 Å². The van der Waals surface area contributed by atoms with E-state index in [9.17, 15) is 19.3 Å². The lowest BCUT2D eigenvalue weighted by molar-refractivity contribution is -0.384. The van der Waals surface area contributed by atoms with Gasteiger partial charge in [0, 0.05) is 12.1 Å². The standard InChI is InChI=1S/C14H16FNO4/c1-9-2-5-11(6-3-9)20-14(17)12-8-10(16(18)19)4-7-13(12)15/h4,7-9,11H,2-3,5-6H2,1H3. The number of nitrogens with zero attached hydrogens (tertiary/aromatic N) is 1. The second kappa shape index (κ2) is 5.98. The van der Waals surface area contributed by atoms with Crippen molar-refractivity contribution in [3.05, 3.63) is 39.7 Å². The average Bonchev–Trinajstić information content (AvgIpc) is 2.41. The molecule has 0 radical (unpaired) electrons. The van der Waals surface area contributed by atoms with Gasteiger partial charge in [0.1, 0.15) is 17.5 Å². The normalized spacial score (nSPS) is 22.3. The first-order valence-corrected chi connectivity index (χ1v) is 6.62. The van der Waals surface area contributed by atoms with E-state index in [1.54, 1.807) is 0 Å². The molecule has 0 atom stereocenters. The van der Waals surface area contributed by atoms with Gasteiger partial charge in [-0.1, -0.05) is 6.92 Å². The van der Waals surface area contributed by atoms with Crippen molar-refractivity contribution in [2.75, 3.05) is 0 Å². The Kier molecular flexibility index (Phi) is 4.32. The first kappa shape index (κ1) is 14.4. The topological polar surface area (TPSA) is 69.4 Å². The van der Waals surface area contributed by atoms with Crippen LogP contribution in [0.15, 0.2) is 18.2 Å². The number of ether oxygens (including phenoxy) is 1. The van der Waals surface area contributed by atoms with Gasteiger partial charge in [0.05, 0.1) is 4.92 Å². The Hall–Kier alpha value is -1.98. The molecule has 0 spiro atoms. The number of nitro benzene ring substituents is 1. The lowest BCUT2D eigenvalue weighted by Gasteiger charge is -2.25. The highest BCUT2D eigenvalue weighted by Gasteiger charge is 2.24. The molecular formula is C14H16FNO4. The zero-order chi connectivity index (χ0) is 14.7. The maximum absolute atomic E-state index is 13.6. The molecule has 5 nitrogen and oxygen atoms in total. The van der Waals surface area contributed by atoms with Gasteiger partial charge in [-0.15, -0.1) is 0 Å². The van der Waals surface area contributed by atoms with Crippen molar-refractivity contribution in [2.45, 2.75) is 38.7 Å². The number of benzene rings is 1. The summed E-state index contributed by atoms with van der Waals surface area (Å²) in [4.78, 5) is 21.9. The third-order valence-electron chi connectivity index (χ3n) is 3.62. The fourth-order valence-corrected chi connectivity index (χ4v) is 2.35. The van der Waals surface area contributed by atoms with Gasteiger partial charge in [0.15, 0.2) is 0 Å². The van der Waals surface area contributed by atoms with E-state index in [0.717, 1.165) is 43.9 Å². The molecular weight excluding hydrogens is 265 g/mol. The van der Waals surface area contributed by atoms with Crippen molar-refractivity contribution in [3.63, 3.8) is 0 Å². The zero-order valence-corrected chi connectivity index (χ0v) is 11.2. The molecule has 1 aliphatic rings. The number of carbonyl (C=O) groups is 1. The summed E-state index contributed by atoms with van der Waals surface area (Å²) < 4.78 is 18.8. The van der Waals surface area contributed by atoms with E-state index >= 15 is 0 Å². The summed E-state index contributed by atoms with van der Waals surface area (Å²) >= 11 is 0. The summed E-state index contributed by atoms with van der Waals surface area (Å²) in [6.07, 6.45) is 3.22. The van der Waals surface area contributed by atoms with Crippen LogP contribution in [0.3, 0.4) is 0 Å². The predicted molar refractivity (Wildman–Crippen MR) is 69.9 cm³/mol. The van der Waals surface area contributed by atoms with Crippen molar-refractivity contribution >= 4 is 11.7 Å². The van der Waals surface area contributed by atoms with E-state index < -0.39 is 16.7 Å². The number of hydrogen-bond acceptors (Lipinski definition) is 4. The molecule has 0 unspecified atom stereocenters. The lowest BCUT2D eigenvalue weighted by atomic mass is 9.89. The maximum Gasteiger partial charge on any atom is 0.341 e. The molecule has 1 fully saturated rings. The summed E-state index contributed by atoms with van der Waals surface area (Å²) in [5.74, 6) is -1.02. The second-order valence-corrected chi connectivity index (χ2v) is 5.21. The molecule has 0 saturated heterocycles. The van der Waals surface area contributed by atoms with Crippen LogP contribution in [-0.4, -0.2) is 17.0 Å². The van der Waals surface area contributed by atoms with Gasteiger partial charge in [-0.05, 0) is 37.7 Å². The van der Waals surface area contributed by atoms with Crippen molar-refractivity contribution in [1.82, 2.24) is 0 Å². The smallest absolute Gasteiger partial charge is 0.341 e. The Bertz CT molecular complexity index is 524. The van der Waals surface area contributed by atoms with Gasteiger partial charge in [0.2, 0.25) is 0 Å². The van der Waals surface area contributed by atoms with Gasteiger partial charge in [-0.2, -0.15) is 0 Å². The number of hydrogen-bond donors (Lipinski definition) is 0. The molecule has 0 heterocycles. The van der Waals surface area contributed by atoms with E-state index in [2.05, 4.69) is 6.92 Å². The summed E-state index contributed by atoms with van der Waals surface area (Å²) in [5.41, 5.74) is -0.701. The summed E-state index contributed by atoms with van der Waals surface area (Å²) in [6.45, 7) is 2.14. The molecule has 0 aliphatic heterocycles. The highest BCUT2D eigenvalue weighted by molar-refractivity contribution is 5.90. The van der Waals surface area contributed by atoms with E-state index in [1.165, 1.54) is 0 Å². The van der Waals surface area contributed by atoms with Crippen LogP contribution < -0.4 is 0 Å². The molecule has 0 N–H and O–H groups in total. The van der Waals surface area contributed by atoms with Gasteiger partial charge in [-0.25, -0.2) is 9.18 Å². The fourth-order valence-electron chi connectivity index (χ4n) is 2.35. The van der Waals surface area contributed by atoms with Crippen LogP contribution in [0.4, 0.5) is 10.1 Å². The SMILES string of the molecule is CC1CCC(OC(=O)c2cc([N+](=O)[O-])ccc2F)CC1. The Morgan fingerprint density at radius 2 is 2.00 bits per heavy atom. The van der Waals surface area contributed by atoms with Crippen molar-refractivity contribution in [3.8, 4) is 0 Å². The number of nitro groups is 1. The monoisotopic (exact) mass is 281 g/mol. The summed E-state index contributed by atoms with van der Waals surface area (Å²) in [6, 6.07) is 2.86. The number of rotatable bonds is 3. The third kappa shape index (κ3) is 3.31. The quantitative estimate of drug-likeness (QED) is 0.483. The third-order valence-corrected chi connectivity index (χ3v) is 3.62. The van der Waals surface area contributed by atoms with Crippen LogP contribution >= 0.6 is 0 Å². The molecule has 2 rings (SSSR count). The fraction of sp³-hybridized carbons (Fsp3) is 0.500. The van der Waals surface area contributed by atoms with Crippen LogP contribution in [0.5, 0.6) is 0 Å². The minimum absolute atomic E-state index is 0.225. The van der Waals surface area contributed by atoms with Gasteiger partial charge in [0.25, 0.3) is 5.69 Å². The number of halogens is 1. The Morgan fingerprint density at radius 1 is 1.35 bits per heavy atom. The number of non-ortho nitro benzene ring substituents is 1. The molecule has 0 amide bonds. The molecule has 20 heavy (non-hydrogen) atoms. The molecule has 1 aromatic carbocycles. The van der Waals surface area contributed by atoms with E-state index in [0.29, 0.717) is 5.92 Å². The van der Waals surface area contributed by atoms with E-state index in [1.807, 2.05) is 0 Å². The second-order valence-electron chi connectivity index (χ2n) is 5.21. The number of esters is 1. The van der Waals surface area contributed by atoms with Gasteiger partial charge in [-0.3, -0.25) is 10.1 Å². The summed E-state index contributed by atoms with van der Waals surface area (Å²) in [5, 5.41) is 10.6. The van der Waals surface area contributed by atoms with Crippen LogP contribution in [0.1, 0.15) is 43.0 Å². The molecule has 0 bridgehead atoms. The Balaban J connectivity index is 2.08. The Morgan fingerprint density at radius 3 is 2.60 bits per heavy atom. The van der Waals surface area contributed by atoms with Crippen LogP contribution in [0.2, 0.25) is 0 Å². The minimum Gasteiger partial charge on any atom is -0.459 e. The molecule has 1 aliphatic carbocycles. The predicted octanol–water partition coefficient (Wildman–Crippen LogP) is 3.47. The molecule has 108 valence electrons. The van der Waals surface area contributed by atoms with Crippen LogP contribution in [0, 0.1) is 21.8 Å². The van der Waals surface area contributed by atoms with Gasteiger partial charge >= 0.3 is 5.97 Å². The van der Waals surface area contributed by atoms with E-state index in [4.69, 9.17) is 4.74 Å². The number of carbonyl (C=O) groups excluding carboxylic acids is 1. The summed E-state index contributed by atoms with van der Waals surface area (Å²) in [7, 11) is 0. The van der Waals surface area contributed by atoms with Crippen molar-refractivity contribution in [2.24, 2.45) is 5.92 Å². The molecule has 1 saturated carbocycles. The van der Waals surface area contributed by atoms with E-state index in [-0.39, 0.29) is 17.4 Å². The maximum atomic E-state index is 13.6. The van der Waals surface area contributed by atoms with Crippen molar-refractivity contribution < 1.29 is 18.8 Å². The average molecular weight is 281 g/mol. The largest absolute Gasteiger partial charge is 0.459 e. The molecule has 6 heteroatoms. The molecule has 0 aromatic heterocycles. The Labute approximate surface area is 115 Å². The van der Waals surface area contributed by atoms with Gasteiger partial charge < -0.3 is 4.74 Å². The zero-order valence-electron chi connectivity index (χ0n) is 11.2. The van der Waals surface area contributed by atoms with Crippen LogP contribution in [0.25, 0.3) is 0 Å². The minimum atomic E-state index is -0.828. The first-order valence-electron chi connectivity index (χ1n) is 6.62. The van der Waals surface area contributed by atoms with Crippen molar-refractivity contribution in [1.29, 1.82) is 0 Å².